The van der Waals surface area contributed by atoms with Crippen molar-refractivity contribution in [2.24, 2.45) is 5.41 Å². The van der Waals surface area contributed by atoms with Crippen LogP contribution in [-0.2, 0) is 11.2 Å². The minimum absolute atomic E-state index is 0.0128. The molecule has 3 heterocycles. The molecule has 3 fully saturated rings. The van der Waals surface area contributed by atoms with Crippen molar-refractivity contribution in [1.29, 1.82) is 0 Å². The smallest absolute Gasteiger partial charge is 0.251 e. The molecule has 206 valence electrons. The Balaban J connectivity index is 0.944. The zero-order valence-electron chi connectivity index (χ0n) is 23.1. The summed E-state index contributed by atoms with van der Waals surface area (Å²) in [6, 6.07) is 16.5. The number of hydrogen-bond donors (Lipinski definition) is 2. The molecule has 2 aromatic carbocycles. The van der Waals surface area contributed by atoms with Gasteiger partial charge in [0.05, 0.1) is 0 Å². The number of fused-ring (bicyclic) bond motifs is 1. The molecule has 1 spiro atoms. The van der Waals surface area contributed by atoms with E-state index in [0.717, 1.165) is 76.0 Å². The molecule has 1 aromatic heterocycles. The lowest BCUT2D eigenvalue weighted by molar-refractivity contribution is -0.130. The van der Waals surface area contributed by atoms with Gasteiger partial charge in [-0.25, -0.2) is 0 Å². The minimum atomic E-state index is 0.0128. The van der Waals surface area contributed by atoms with Gasteiger partial charge >= 0.3 is 0 Å². The first-order valence-electron chi connectivity index (χ1n) is 14.7. The Morgan fingerprint density at radius 1 is 1.00 bits per heavy atom. The lowest BCUT2D eigenvalue weighted by atomic mass is 9.65. The van der Waals surface area contributed by atoms with E-state index in [0.29, 0.717) is 6.42 Å². The molecule has 0 bridgehead atoms. The summed E-state index contributed by atoms with van der Waals surface area (Å²) in [6.45, 7) is 9.36. The number of nitrogens with zero attached hydrogens (tertiary/aromatic N) is 3. The third kappa shape index (κ3) is 5.55. The van der Waals surface area contributed by atoms with Gasteiger partial charge in [0.25, 0.3) is 5.91 Å². The van der Waals surface area contributed by atoms with Gasteiger partial charge in [-0.2, -0.15) is 0 Å². The van der Waals surface area contributed by atoms with Gasteiger partial charge in [0.15, 0.2) is 0 Å². The molecule has 0 radical (unpaired) electrons. The second kappa shape index (κ2) is 11.0. The standard InChI is InChI=1S/C32H41N5O2/c1-2-14-35-16-18-36(19-17-35)27-10-7-24(8-11-27)31(39)34-26-20-32(21-26)13-15-37(23-32)30(38)12-9-25-22-33-29-6-4-3-5-28(25)29/h3-8,10-11,22,26,33H,2,9,12-21,23H2,1H3,(H,34,39). The maximum absolute atomic E-state index is 13.0. The fraction of sp³-hybridized carbons (Fsp3) is 0.500. The molecule has 1 aliphatic carbocycles. The molecule has 3 aliphatic rings. The van der Waals surface area contributed by atoms with Crippen LogP contribution >= 0.6 is 0 Å². The molecule has 0 unspecified atom stereocenters. The number of benzene rings is 2. The Hall–Kier alpha value is -3.32. The van der Waals surface area contributed by atoms with Gasteiger partial charge in [0.2, 0.25) is 5.91 Å². The SMILES string of the molecule is CCCN1CCN(c2ccc(C(=O)NC3CC4(CCN(C(=O)CCc5c[nH]c6ccccc56)C4)C3)cc2)CC1. The Morgan fingerprint density at radius 2 is 1.77 bits per heavy atom. The van der Waals surface area contributed by atoms with Crippen LogP contribution < -0.4 is 10.2 Å². The number of likely N-dealkylation sites (tertiary alicyclic amines) is 1. The van der Waals surface area contributed by atoms with Crippen LogP contribution in [0.3, 0.4) is 0 Å². The highest BCUT2D eigenvalue weighted by molar-refractivity contribution is 5.94. The first-order valence-corrected chi connectivity index (χ1v) is 14.7. The summed E-state index contributed by atoms with van der Waals surface area (Å²) in [6.07, 6.45) is 7.51. The molecular weight excluding hydrogens is 486 g/mol. The van der Waals surface area contributed by atoms with Crippen LogP contribution in [0.25, 0.3) is 10.9 Å². The maximum atomic E-state index is 13.0. The summed E-state index contributed by atoms with van der Waals surface area (Å²) in [7, 11) is 0. The number of carbonyl (C=O) groups is 2. The molecule has 3 aromatic rings. The number of aromatic amines is 1. The van der Waals surface area contributed by atoms with Crippen LogP contribution in [0.4, 0.5) is 5.69 Å². The van der Waals surface area contributed by atoms with Crippen LogP contribution in [0.2, 0.25) is 0 Å². The van der Waals surface area contributed by atoms with Crippen molar-refractivity contribution in [3.63, 3.8) is 0 Å². The van der Waals surface area contributed by atoms with Crippen LogP contribution in [0.15, 0.2) is 54.7 Å². The predicted octanol–water partition coefficient (Wildman–Crippen LogP) is 4.44. The van der Waals surface area contributed by atoms with Crippen molar-refractivity contribution >= 4 is 28.4 Å². The quantitative estimate of drug-likeness (QED) is 0.454. The van der Waals surface area contributed by atoms with E-state index >= 15 is 0 Å². The first-order chi connectivity index (χ1) is 19.0. The van der Waals surface area contributed by atoms with E-state index in [1.54, 1.807) is 0 Å². The Kier molecular flexibility index (Phi) is 7.34. The number of nitrogens with one attached hydrogen (secondary N) is 2. The number of carbonyl (C=O) groups excluding carboxylic acids is 2. The number of amides is 2. The third-order valence-corrected chi connectivity index (χ3v) is 9.17. The number of para-hydroxylation sites is 1. The highest BCUT2D eigenvalue weighted by atomic mass is 16.2. The number of aryl methyl sites for hydroxylation is 1. The summed E-state index contributed by atoms with van der Waals surface area (Å²) in [5.41, 5.74) is 4.44. The van der Waals surface area contributed by atoms with Crippen molar-refractivity contribution in [2.75, 3.05) is 50.7 Å². The molecule has 2 amide bonds. The van der Waals surface area contributed by atoms with E-state index in [4.69, 9.17) is 0 Å². The highest BCUT2D eigenvalue weighted by Gasteiger charge is 2.49. The lowest BCUT2D eigenvalue weighted by Gasteiger charge is -2.45. The third-order valence-electron chi connectivity index (χ3n) is 9.17. The summed E-state index contributed by atoms with van der Waals surface area (Å²) in [4.78, 5) is 36.2. The molecule has 2 aliphatic heterocycles. The van der Waals surface area contributed by atoms with Crippen LogP contribution in [0, 0.1) is 5.41 Å². The monoisotopic (exact) mass is 527 g/mol. The summed E-state index contributed by atoms with van der Waals surface area (Å²) < 4.78 is 0. The molecule has 2 saturated heterocycles. The second-order valence-electron chi connectivity index (χ2n) is 11.9. The van der Waals surface area contributed by atoms with E-state index in [1.165, 1.54) is 29.6 Å². The zero-order chi connectivity index (χ0) is 26.8. The van der Waals surface area contributed by atoms with Crippen molar-refractivity contribution in [1.82, 2.24) is 20.1 Å². The average molecular weight is 528 g/mol. The highest BCUT2D eigenvalue weighted by Crippen LogP contribution is 2.48. The van der Waals surface area contributed by atoms with Gasteiger partial charge < -0.3 is 20.1 Å². The Bertz CT molecular complexity index is 1300. The summed E-state index contributed by atoms with van der Waals surface area (Å²) in [5, 5.41) is 4.45. The molecule has 6 rings (SSSR count). The topological polar surface area (TPSA) is 71.7 Å². The van der Waals surface area contributed by atoms with Crippen LogP contribution in [0.1, 0.15) is 54.9 Å². The van der Waals surface area contributed by atoms with E-state index < -0.39 is 0 Å². The van der Waals surface area contributed by atoms with Crippen molar-refractivity contribution in [3.8, 4) is 0 Å². The van der Waals surface area contributed by atoms with Crippen molar-refractivity contribution in [2.45, 2.75) is 51.5 Å². The lowest BCUT2D eigenvalue weighted by Crippen LogP contribution is -2.52. The second-order valence-corrected chi connectivity index (χ2v) is 11.9. The fourth-order valence-corrected chi connectivity index (χ4v) is 6.95. The number of rotatable bonds is 8. The van der Waals surface area contributed by atoms with Crippen molar-refractivity contribution in [3.05, 3.63) is 65.9 Å². The van der Waals surface area contributed by atoms with Crippen LogP contribution in [-0.4, -0.2) is 78.5 Å². The molecule has 0 atom stereocenters. The summed E-state index contributed by atoms with van der Waals surface area (Å²) in [5.74, 6) is 0.260. The number of piperazine rings is 1. The fourth-order valence-electron chi connectivity index (χ4n) is 6.95. The Morgan fingerprint density at radius 3 is 2.54 bits per heavy atom. The van der Waals surface area contributed by atoms with E-state index in [-0.39, 0.29) is 23.3 Å². The number of aromatic nitrogens is 1. The van der Waals surface area contributed by atoms with Gasteiger partial charge in [-0.05, 0) is 80.0 Å². The average Bonchev–Trinajstić information content (AvgIpc) is 3.58. The molecular formula is C32H41N5O2. The van der Waals surface area contributed by atoms with Gasteiger partial charge in [-0.15, -0.1) is 0 Å². The molecule has 2 N–H and O–H groups in total. The van der Waals surface area contributed by atoms with E-state index in [2.05, 4.69) is 51.3 Å². The van der Waals surface area contributed by atoms with Gasteiger partial charge in [-0.1, -0.05) is 25.1 Å². The molecule has 1 saturated carbocycles. The summed E-state index contributed by atoms with van der Waals surface area (Å²) >= 11 is 0. The first kappa shape index (κ1) is 25.9. The Labute approximate surface area is 231 Å². The zero-order valence-corrected chi connectivity index (χ0v) is 23.1. The van der Waals surface area contributed by atoms with Crippen LogP contribution in [0.5, 0.6) is 0 Å². The number of hydrogen-bond acceptors (Lipinski definition) is 4. The maximum Gasteiger partial charge on any atom is 0.251 e. The van der Waals surface area contributed by atoms with Gasteiger partial charge in [0.1, 0.15) is 0 Å². The van der Waals surface area contributed by atoms with Gasteiger partial charge in [0, 0.05) is 80.1 Å². The van der Waals surface area contributed by atoms with E-state index in [9.17, 15) is 9.59 Å². The van der Waals surface area contributed by atoms with E-state index in [1.807, 2.05) is 35.4 Å². The number of H-pyrrole nitrogens is 1. The number of anilines is 1. The molecule has 7 heteroatoms. The van der Waals surface area contributed by atoms with Crippen molar-refractivity contribution < 1.29 is 9.59 Å². The predicted molar refractivity (Wildman–Crippen MR) is 156 cm³/mol. The molecule has 7 nitrogen and oxygen atoms in total. The normalized spacial score (nSPS) is 23.4. The van der Waals surface area contributed by atoms with Gasteiger partial charge in [-0.3, -0.25) is 14.5 Å². The minimum Gasteiger partial charge on any atom is -0.369 e. The largest absolute Gasteiger partial charge is 0.369 e. The molecule has 39 heavy (non-hydrogen) atoms.